The molecule has 1 saturated heterocycles. The van der Waals surface area contributed by atoms with Gasteiger partial charge in [0, 0.05) is 37.6 Å². The first-order valence-electron chi connectivity index (χ1n) is 9.45. The fourth-order valence-corrected chi connectivity index (χ4v) is 4.74. The van der Waals surface area contributed by atoms with Gasteiger partial charge in [0.15, 0.2) is 0 Å². The molecule has 0 aliphatic carbocycles. The summed E-state index contributed by atoms with van der Waals surface area (Å²) in [6.07, 6.45) is 2.68. The van der Waals surface area contributed by atoms with E-state index in [4.69, 9.17) is 0 Å². The van der Waals surface area contributed by atoms with Crippen molar-refractivity contribution in [1.82, 2.24) is 13.9 Å². The minimum atomic E-state index is -3.16. The number of amides is 1. The number of sulfonamides is 1. The highest BCUT2D eigenvalue weighted by Gasteiger charge is 2.30. The molecule has 0 unspecified atom stereocenters. The maximum atomic E-state index is 13.0. The van der Waals surface area contributed by atoms with Crippen molar-refractivity contribution in [1.29, 1.82) is 0 Å². The topological polar surface area (TPSA) is 75.5 Å². The lowest BCUT2D eigenvalue weighted by Crippen LogP contribution is -2.38. The summed E-state index contributed by atoms with van der Waals surface area (Å²) in [5.74, 6) is 0.646. The molecule has 1 fully saturated rings. The Morgan fingerprint density at radius 1 is 1.11 bits per heavy atom. The quantitative estimate of drug-likeness (QED) is 0.785. The molecule has 1 amide bonds. The van der Waals surface area contributed by atoms with Crippen LogP contribution in [0.2, 0.25) is 0 Å². The molecule has 0 radical (unpaired) electrons. The fraction of sp³-hybridized carbons (Fsp3) is 0.500. The molecule has 0 atom stereocenters. The summed E-state index contributed by atoms with van der Waals surface area (Å²) in [5, 5.41) is 0. The number of benzene rings is 1. The number of hydrogen-bond donors (Lipinski definition) is 0. The molecular weight excluding hydrogens is 376 g/mol. The first kappa shape index (κ1) is 20.5. The summed E-state index contributed by atoms with van der Waals surface area (Å²) in [6, 6.07) is 7.95. The van der Waals surface area contributed by atoms with Gasteiger partial charge in [-0.1, -0.05) is 17.7 Å². The van der Waals surface area contributed by atoms with Crippen LogP contribution in [0.5, 0.6) is 0 Å². The molecule has 28 heavy (non-hydrogen) atoms. The van der Waals surface area contributed by atoms with Gasteiger partial charge in [0.25, 0.3) is 5.91 Å². The van der Waals surface area contributed by atoms with Crippen LogP contribution in [-0.2, 0) is 10.0 Å². The largest absolute Gasteiger partial charge is 0.329 e. The lowest BCUT2D eigenvalue weighted by atomic mass is 10.1. The van der Waals surface area contributed by atoms with Crippen molar-refractivity contribution in [3.8, 4) is 0 Å². The molecule has 1 aliphatic rings. The van der Waals surface area contributed by atoms with Crippen LogP contribution < -0.4 is 4.90 Å². The third-order valence-electron chi connectivity index (χ3n) is 5.51. The maximum Gasteiger partial charge on any atom is 0.278 e. The molecule has 2 aromatic rings. The molecule has 152 valence electrons. The van der Waals surface area contributed by atoms with E-state index in [1.54, 1.807) is 11.9 Å². The third kappa shape index (κ3) is 3.98. The van der Waals surface area contributed by atoms with Gasteiger partial charge in [0.2, 0.25) is 10.0 Å². The Balaban J connectivity index is 1.82. The molecule has 8 heteroatoms. The van der Waals surface area contributed by atoms with E-state index < -0.39 is 10.0 Å². The normalized spacial score (nSPS) is 16.3. The summed E-state index contributed by atoms with van der Waals surface area (Å²) in [6.45, 7) is 6.81. The Bertz CT molecular complexity index is 972. The van der Waals surface area contributed by atoms with Gasteiger partial charge in [-0.2, -0.15) is 0 Å². The van der Waals surface area contributed by atoms with Gasteiger partial charge >= 0.3 is 0 Å². The van der Waals surface area contributed by atoms with Crippen LogP contribution in [0.4, 0.5) is 5.69 Å². The maximum absolute atomic E-state index is 13.0. The van der Waals surface area contributed by atoms with Crippen LogP contribution in [0.15, 0.2) is 24.3 Å². The second kappa shape index (κ2) is 7.67. The molecule has 1 aromatic carbocycles. The highest BCUT2D eigenvalue weighted by molar-refractivity contribution is 7.88. The number of anilines is 1. The van der Waals surface area contributed by atoms with Crippen LogP contribution in [0.1, 0.15) is 46.5 Å². The standard InChI is InChI=1S/C20H28N4O3S/c1-14-6-8-17(9-7-14)22(4)20(25)19-15(2)24(16(3)21-19)18-10-12-23(13-11-18)28(5,26)27/h6-9,18H,10-13H2,1-5H3. The van der Waals surface area contributed by atoms with Gasteiger partial charge in [-0.05, 0) is 45.7 Å². The molecule has 0 spiro atoms. The Kier molecular flexibility index (Phi) is 5.63. The fourth-order valence-electron chi connectivity index (χ4n) is 3.87. The van der Waals surface area contributed by atoms with E-state index >= 15 is 0 Å². The Morgan fingerprint density at radius 2 is 1.68 bits per heavy atom. The second-order valence-corrected chi connectivity index (χ2v) is 9.54. The van der Waals surface area contributed by atoms with E-state index in [2.05, 4.69) is 9.55 Å². The van der Waals surface area contributed by atoms with Crippen molar-refractivity contribution in [2.75, 3.05) is 31.3 Å². The Morgan fingerprint density at radius 3 is 2.21 bits per heavy atom. The SMILES string of the molecule is Cc1ccc(N(C)C(=O)c2nc(C)n(C3CCN(S(C)(=O)=O)CC3)c2C)cc1. The van der Waals surface area contributed by atoms with E-state index in [0.717, 1.165) is 22.8 Å². The smallest absolute Gasteiger partial charge is 0.278 e. The summed E-state index contributed by atoms with van der Waals surface area (Å²) < 4.78 is 27.1. The number of aromatic nitrogens is 2. The van der Waals surface area contributed by atoms with E-state index in [0.29, 0.717) is 31.6 Å². The average molecular weight is 405 g/mol. The molecule has 2 heterocycles. The molecule has 7 nitrogen and oxygen atoms in total. The van der Waals surface area contributed by atoms with E-state index in [-0.39, 0.29) is 11.9 Å². The van der Waals surface area contributed by atoms with Gasteiger partial charge in [-0.15, -0.1) is 0 Å². The van der Waals surface area contributed by atoms with Gasteiger partial charge in [0.05, 0.1) is 6.26 Å². The highest BCUT2D eigenvalue weighted by atomic mass is 32.2. The summed E-state index contributed by atoms with van der Waals surface area (Å²) in [4.78, 5) is 19.2. The van der Waals surface area contributed by atoms with Crippen LogP contribution in [0, 0.1) is 20.8 Å². The number of imidazole rings is 1. The number of nitrogens with zero attached hydrogens (tertiary/aromatic N) is 4. The number of carbonyl (C=O) groups excluding carboxylic acids is 1. The molecule has 1 aliphatic heterocycles. The lowest BCUT2D eigenvalue weighted by Gasteiger charge is -2.32. The molecule has 3 rings (SSSR count). The van der Waals surface area contributed by atoms with Crippen molar-refractivity contribution >= 4 is 21.6 Å². The number of rotatable bonds is 4. The zero-order valence-electron chi connectivity index (χ0n) is 17.1. The number of carbonyl (C=O) groups is 1. The van der Waals surface area contributed by atoms with Crippen molar-refractivity contribution in [3.63, 3.8) is 0 Å². The molecule has 0 bridgehead atoms. The first-order chi connectivity index (χ1) is 13.1. The summed E-state index contributed by atoms with van der Waals surface area (Å²) in [5.41, 5.74) is 3.25. The molecule has 0 saturated carbocycles. The zero-order valence-corrected chi connectivity index (χ0v) is 18.0. The predicted octanol–water partition coefficient (Wildman–Crippen LogP) is 2.68. The summed E-state index contributed by atoms with van der Waals surface area (Å²) >= 11 is 0. The van der Waals surface area contributed by atoms with Crippen molar-refractivity contribution in [2.45, 2.75) is 39.7 Å². The van der Waals surface area contributed by atoms with Gasteiger partial charge in [-0.3, -0.25) is 4.79 Å². The number of aryl methyl sites for hydroxylation is 2. The molecule has 0 N–H and O–H groups in total. The zero-order chi connectivity index (χ0) is 20.6. The Hall–Kier alpha value is -2.19. The van der Waals surface area contributed by atoms with E-state index in [1.165, 1.54) is 10.6 Å². The van der Waals surface area contributed by atoms with Crippen molar-refractivity contribution in [3.05, 3.63) is 47.0 Å². The monoisotopic (exact) mass is 404 g/mol. The van der Waals surface area contributed by atoms with Crippen LogP contribution in [0.3, 0.4) is 0 Å². The molecular formula is C20H28N4O3S. The van der Waals surface area contributed by atoms with E-state index in [1.807, 2.05) is 45.0 Å². The minimum absolute atomic E-state index is 0.142. The number of hydrogen-bond acceptors (Lipinski definition) is 4. The molecule has 1 aromatic heterocycles. The average Bonchev–Trinajstić information content (AvgIpc) is 2.95. The predicted molar refractivity (Wildman–Crippen MR) is 110 cm³/mol. The Labute approximate surface area is 167 Å². The first-order valence-corrected chi connectivity index (χ1v) is 11.3. The van der Waals surface area contributed by atoms with Crippen molar-refractivity contribution < 1.29 is 13.2 Å². The lowest BCUT2D eigenvalue weighted by molar-refractivity contribution is 0.0987. The van der Waals surface area contributed by atoms with Gasteiger partial charge in [0.1, 0.15) is 11.5 Å². The van der Waals surface area contributed by atoms with Crippen LogP contribution >= 0.6 is 0 Å². The van der Waals surface area contributed by atoms with Crippen LogP contribution in [-0.4, -0.2) is 54.6 Å². The summed E-state index contributed by atoms with van der Waals surface area (Å²) in [7, 11) is -1.40. The third-order valence-corrected chi connectivity index (χ3v) is 6.82. The highest BCUT2D eigenvalue weighted by Crippen LogP contribution is 2.28. The van der Waals surface area contributed by atoms with Crippen LogP contribution in [0.25, 0.3) is 0 Å². The van der Waals surface area contributed by atoms with E-state index in [9.17, 15) is 13.2 Å². The minimum Gasteiger partial charge on any atom is -0.329 e. The number of piperidine rings is 1. The second-order valence-electron chi connectivity index (χ2n) is 7.56. The van der Waals surface area contributed by atoms with Gasteiger partial charge < -0.3 is 9.47 Å². The van der Waals surface area contributed by atoms with Crippen molar-refractivity contribution in [2.24, 2.45) is 0 Å². The van der Waals surface area contributed by atoms with Gasteiger partial charge in [-0.25, -0.2) is 17.7 Å².